The molecule has 0 aliphatic carbocycles. The van der Waals surface area contributed by atoms with Crippen molar-refractivity contribution in [2.75, 3.05) is 19.6 Å². The van der Waals surface area contributed by atoms with E-state index >= 15 is 0 Å². The van der Waals surface area contributed by atoms with Crippen molar-refractivity contribution < 1.29 is 14.4 Å². The molecule has 4 aliphatic heterocycles. The monoisotopic (exact) mass is 272 g/mol. The second-order valence-electron chi connectivity index (χ2n) is 5.73. The quantitative estimate of drug-likeness (QED) is 0.762. The molecule has 0 aromatic heterocycles. The van der Waals surface area contributed by atoms with Crippen LogP contribution in [-0.2, 0) is 4.84 Å². The summed E-state index contributed by atoms with van der Waals surface area (Å²) < 4.78 is 0. The molecule has 5 heteroatoms. The zero-order valence-electron chi connectivity index (χ0n) is 11.1. The minimum atomic E-state index is -0.331. The van der Waals surface area contributed by atoms with Crippen LogP contribution in [0.25, 0.3) is 0 Å². The van der Waals surface area contributed by atoms with Gasteiger partial charge in [-0.05, 0) is 44.0 Å². The van der Waals surface area contributed by atoms with Gasteiger partial charge in [-0.25, -0.2) is 0 Å². The number of carbonyl (C=O) groups excluding carboxylic acids is 2. The molecule has 1 aromatic rings. The second kappa shape index (κ2) is 4.40. The highest BCUT2D eigenvalue weighted by Gasteiger charge is 2.42. The number of rotatable bonds is 2. The van der Waals surface area contributed by atoms with Gasteiger partial charge in [-0.2, -0.15) is 0 Å². The first kappa shape index (κ1) is 12.1. The normalized spacial score (nSPS) is 31.8. The van der Waals surface area contributed by atoms with E-state index in [1.165, 1.54) is 0 Å². The summed E-state index contributed by atoms with van der Waals surface area (Å²) in [5.41, 5.74) is 0.887. The molecule has 5 nitrogen and oxygen atoms in total. The zero-order valence-corrected chi connectivity index (χ0v) is 11.1. The first-order chi connectivity index (χ1) is 9.74. The molecule has 4 heterocycles. The van der Waals surface area contributed by atoms with Crippen LogP contribution in [0.5, 0.6) is 0 Å². The summed E-state index contributed by atoms with van der Waals surface area (Å²) in [5, 5.41) is 0.969. The van der Waals surface area contributed by atoms with E-state index in [4.69, 9.17) is 4.84 Å². The molecule has 0 N–H and O–H groups in total. The molecule has 0 radical (unpaired) electrons. The largest absolute Gasteiger partial charge is 0.301 e. The molecular weight excluding hydrogens is 256 g/mol. The summed E-state index contributed by atoms with van der Waals surface area (Å²) in [5.74, 6) is -0.201. The number of imide groups is 1. The SMILES string of the molecule is O=C1c2ccccc2C(=O)N1OC1CN2CCC1CC2. The van der Waals surface area contributed by atoms with E-state index in [2.05, 4.69) is 4.90 Å². The smallest absolute Gasteiger partial charge is 0.285 e. The molecular formula is C15H16N2O3. The van der Waals surface area contributed by atoms with Crippen molar-refractivity contribution in [1.82, 2.24) is 9.96 Å². The number of carbonyl (C=O) groups is 2. The fraction of sp³-hybridized carbons (Fsp3) is 0.467. The van der Waals surface area contributed by atoms with Crippen molar-refractivity contribution in [2.45, 2.75) is 18.9 Å². The molecule has 3 saturated heterocycles. The average molecular weight is 272 g/mol. The summed E-state index contributed by atoms with van der Waals surface area (Å²) in [6.07, 6.45) is 2.14. The van der Waals surface area contributed by atoms with Crippen LogP contribution in [0.2, 0.25) is 0 Å². The third-order valence-electron chi connectivity index (χ3n) is 4.59. The molecule has 1 aromatic carbocycles. The fourth-order valence-electron chi connectivity index (χ4n) is 3.43. The number of amides is 2. The Hall–Kier alpha value is -1.72. The molecule has 1 unspecified atom stereocenters. The summed E-state index contributed by atoms with van der Waals surface area (Å²) in [6.45, 7) is 3.03. The standard InChI is InChI=1S/C15H16N2O3/c18-14-11-3-1-2-4-12(11)15(19)17(14)20-13-9-16-7-5-10(13)6-8-16/h1-4,10,13H,5-9H2. The van der Waals surface area contributed by atoms with E-state index < -0.39 is 0 Å². The molecule has 104 valence electrons. The maximum absolute atomic E-state index is 12.3. The number of benzene rings is 1. The molecule has 5 rings (SSSR count). The summed E-state index contributed by atoms with van der Waals surface area (Å²) >= 11 is 0. The average Bonchev–Trinajstić information content (AvgIpc) is 2.74. The summed E-state index contributed by atoms with van der Waals surface area (Å²) in [4.78, 5) is 32.6. The van der Waals surface area contributed by atoms with Crippen molar-refractivity contribution in [3.63, 3.8) is 0 Å². The van der Waals surface area contributed by atoms with Crippen LogP contribution in [0, 0.1) is 5.92 Å². The Balaban J connectivity index is 1.56. The first-order valence-corrected chi connectivity index (χ1v) is 7.11. The van der Waals surface area contributed by atoms with Crippen molar-refractivity contribution >= 4 is 11.8 Å². The predicted molar refractivity (Wildman–Crippen MR) is 71.0 cm³/mol. The van der Waals surface area contributed by atoms with E-state index in [-0.39, 0.29) is 17.9 Å². The van der Waals surface area contributed by atoms with Crippen LogP contribution >= 0.6 is 0 Å². The van der Waals surface area contributed by atoms with Gasteiger partial charge in [0.1, 0.15) is 6.10 Å². The number of nitrogens with zero attached hydrogens (tertiary/aromatic N) is 2. The Bertz CT molecular complexity index is 543. The Morgan fingerprint density at radius 3 is 2.10 bits per heavy atom. The third kappa shape index (κ3) is 1.70. The Kier molecular flexibility index (Phi) is 2.65. The Morgan fingerprint density at radius 1 is 1.00 bits per heavy atom. The molecule has 4 aliphatic rings. The van der Waals surface area contributed by atoms with Crippen LogP contribution in [-0.4, -0.2) is 47.5 Å². The first-order valence-electron chi connectivity index (χ1n) is 7.11. The van der Waals surface area contributed by atoms with E-state index in [9.17, 15) is 9.59 Å². The maximum atomic E-state index is 12.3. The number of fused-ring (bicyclic) bond motifs is 4. The molecule has 0 spiro atoms. The molecule has 3 fully saturated rings. The fourth-order valence-corrected chi connectivity index (χ4v) is 3.43. The molecule has 20 heavy (non-hydrogen) atoms. The van der Waals surface area contributed by atoms with Gasteiger partial charge in [0.05, 0.1) is 11.1 Å². The topological polar surface area (TPSA) is 49.9 Å². The lowest BCUT2D eigenvalue weighted by Gasteiger charge is -2.44. The van der Waals surface area contributed by atoms with Crippen LogP contribution in [0.4, 0.5) is 0 Å². The second-order valence-corrected chi connectivity index (χ2v) is 5.73. The van der Waals surface area contributed by atoms with Crippen LogP contribution in [0.15, 0.2) is 24.3 Å². The predicted octanol–water partition coefficient (Wildman–Crippen LogP) is 1.31. The number of piperidine rings is 3. The van der Waals surface area contributed by atoms with Crippen molar-refractivity contribution in [1.29, 1.82) is 0 Å². The minimum Gasteiger partial charge on any atom is -0.301 e. The molecule has 2 amide bonds. The molecule has 0 saturated carbocycles. The summed E-state index contributed by atoms with van der Waals surface area (Å²) in [7, 11) is 0. The Labute approximate surface area is 117 Å². The minimum absolute atomic E-state index is 0.0419. The lowest BCUT2D eigenvalue weighted by Crippen LogP contribution is -2.53. The number of hydrogen-bond acceptors (Lipinski definition) is 4. The van der Waals surface area contributed by atoms with Crippen molar-refractivity contribution in [3.8, 4) is 0 Å². The summed E-state index contributed by atoms with van der Waals surface area (Å²) in [6, 6.07) is 6.88. The van der Waals surface area contributed by atoms with Gasteiger partial charge >= 0.3 is 0 Å². The van der Waals surface area contributed by atoms with Crippen molar-refractivity contribution in [3.05, 3.63) is 35.4 Å². The molecule has 1 atom stereocenters. The van der Waals surface area contributed by atoms with Crippen LogP contribution in [0.3, 0.4) is 0 Å². The van der Waals surface area contributed by atoms with Gasteiger partial charge in [-0.15, -0.1) is 5.06 Å². The van der Waals surface area contributed by atoms with Crippen molar-refractivity contribution in [2.24, 2.45) is 5.92 Å². The lowest BCUT2D eigenvalue weighted by molar-refractivity contribution is -0.179. The van der Waals surface area contributed by atoms with E-state index in [1.54, 1.807) is 24.3 Å². The third-order valence-corrected chi connectivity index (χ3v) is 4.59. The van der Waals surface area contributed by atoms with Gasteiger partial charge in [0.15, 0.2) is 0 Å². The zero-order chi connectivity index (χ0) is 13.7. The van der Waals surface area contributed by atoms with Gasteiger partial charge in [0.2, 0.25) is 0 Å². The highest BCUT2D eigenvalue weighted by Crippen LogP contribution is 2.32. The number of hydroxylamine groups is 2. The van der Waals surface area contributed by atoms with E-state index in [1.807, 2.05) is 0 Å². The Morgan fingerprint density at radius 2 is 1.60 bits per heavy atom. The van der Waals surface area contributed by atoms with Gasteiger partial charge in [-0.1, -0.05) is 12.1 Å². The van der Waals surface area contributed by atoms with Gasteiger partial charge in [-0.3, -0.25) is 14.4 Å². The highest BCUT2D eigenvalue weighted by molar-refractivity contribution is 6.20. The molecule has 2 bridgehead atoms. The highest BCUT2D eigenvalue weighted by atomic mass is 16.7. The maximum Gasteiger partial charge on any atom is 0.285 e. The van der Waals surface area contributed by atoms with Crippen LogP contribution < -0.4 is 0 Å². The van der Waals surface area contributed by atoms with Gasteiger partial charge < -0.3 is 4.90 Å². The van der Waals surface area contributed by atoms with Gasteiger partial charge in [0.25, 0.3) is 11.8 Å². The lowest BCUT2D eigenvalue weighted by atomic mass is 9.86. The number of hydrogen-bond donors (Lipinski definition) is 0. The van der Waals surface area contributed by atoms with Crippen LogP contribution in [0.1, 0.15) is 33.6 Å². The van der Waals surface area contributed by atoms with E-state index in [0.717, 1.165) is 37.5 Å². The van der Waals surface area contributed by atoms with E-state index in [0.29, 0.717) is 17.0 Å². The van der Waals surface area contributed by atoms with Gasteiger partial charge in [0, 0.05) is 6.54 Å².